The highest BCUT2D eigenvalue weighted by Crippen LogP contribution is 2.19. The number of carbonyl (C=O) groups excluding carboxylic acids is 2. The zero-order valence-corrected chi connectivity index (χ0v) is 16.1. The molecule has 1 saturated heterocycles. The molecule has 1 aliphatic rings. The number of hydrogen-bond acceptors (Lipinski definition) is 4. The smallest absolute Gasteiger partial charge is 0.263 e. The molecule has 0 bridgehead atoms. The number of benzene rings is 2. The van der Waals surface area contributed by atoms with Crippen LogP contribution in [0.3, 0.4) is 0 Å². The molecule has 0 saturated carbocycles. The van der Waals surface area contributed by atoms with E-state index in [9.17, 15) is 9.59 Å². The first kappa shape index (κ1) is 19.0. The Labute approximate surface area is 160 Å². The lowest BCUT2D eigenvalue weighted by molar-refractivity contribution is -0.138. The minimum atomic E-state index is -0.506. The Bertz CT molecular complexity index is 809. The van der Waals surface area contributed by atoms with Gasteiger partial charge in [0.05, 0.1) is 0 Å². The first-order valence-corrected chi connectivity index (χ1v) is 9.32. The summed E-state index contributed by atoms with van der Waals surface area (Å²) in [4.78, 5) is 28.2. The van der Waals surface area contributed by atoms with Crippen LogP contribution in [-0.2, 0) is 4.79 Å². The van der Waals surface area contributed by atoms with Crippen molar-refractivity contribution in [1.29, 1.82) is 0 Å². The van der Waals surface area contributed by atoms with E-state index in [1.807, 2.05) is 60.4 Å². The lowest BCUT2D eigenvalue weighted by Gasteiger charge is -2.37. The van der Waals surface area contributed by atoms with Gasteiger partial charge in [0.1, 0.15) is 5.75 Å². The molecule has 3 rings (SSSR count). The van der Waals surface area contributed by atoms with Crippen LogP contribution in [0.5, 0.6) is 5.75 Å². The Morgan fingerprint density at radius 1 is 1.00 bits per heavy atom. The molecule has 142 valence electrons. The minimum absolute atomic E-state index is 0.0167. The molecule has 0 aromatic heterocycles. The number of ether oxygens (including phenoxy) is 1. The van der Waals surface area contributed by atoms with Gasteiger partial charge in [0.15, 0.2) is 11.9 Å². The molecule has 1 aliphatic heterocycles. The van der Waals surface area contributed by atoms with Crippen molar-refractivity contribution < 1.29 is 14.3 Å². The molecule has 1 heterocycles. The van der Waals surface area contributed by atoms with Crippen LogP contribution in [-0.4, -0.2) is 48.9 Å². The molecule has 0 N–H and O–H groups in total. The Balaban J connectivity index is 1.54. The summed E-state index contributed by atoms with van der Waals surface area (Å²) >= 11 is 0. The second kappa shape index (κ2) is 8.25. The first-order chi connectivity index (χ1) is 12.9. The third-order valence-electron chi connectivity index (χ3n) is 4.88. The second-order valence-corrected chi connectivity index (χ2v) is 6.99. The second-order valence-electron chi connectivity index (χ2n) is 6.99. The van der Waals surface area contributed by atoms with Crippen molar-refractivity contribution >= 4 is 17.4 Å². The topological polar surface area (TPSA) is 49.9 Å². The molecule has 0 unspecified atom stereocenters. The highest BCUT2D eigenvalue weighted by atomic mass is 16.5. The third kappa shape index (κ3) is 4.67. The van der Waals surface area contributed by atoms with Gasteiger partial charge in [0.25, 0.3) is 5.91 Å². The summed E-state index contributed by atoms with van der Waals surface area (Å²) < 4.78 is 5.82. The lowest BCUT2D eigenvalue weighted by atomic mass is 10.1. The number of carbonyl (C=O) groups is 2. The van der Waals surface area contributed by atoms with E-state index >= 15 is 0 Å². The summed E-state index contributed by atoms with van der Waals surface area (Å²) in [5, 5.41) is 0. The average molecular weight is 366 g/mol. The fourth-order valence-electron chi connectivity index (χ4n) is 3.29. The van der Waals surface area contributed by atoms with Crippen LogP contribution < -0.4 is 9.64 Å². The zero-order valence-electron chi connectivity index (χ0n) is 16.1. The maximum Gasteiger partial charge on any atom is 0.263 e. The van der Waals surface area contributed by atoms with Crippen molar-refractivity contribution in [2.75, 3.05) is 31.1 Å². The number of amides is 1. The number of aryl methyl sites for hydroxylation is 1. The highest BCUT2D eigenvalue weighted by Gasteiger charge is 2.26. The molecule has 0 radical (unpaired) electrons. The van der Waals surface area contributed by atoms with Crippen molar-refractivity contribution in [1.82, 2.24) is 4.90 Å². The van der Waals surface area contributed by atoms with Gasteiger partial charge in [-0.05, 0) is 62.7 Å². The van der Waals surface area contributed by atoms with E-state index in [0.29, 0.717) is 13.1 Å². The van der Waals surface area contributed by atoms with E-state index in [1.165, 1.54) is 0 Å². The van der Waals surface area contributed by atoms with Crippen LogP contribution >= 0.6 is 0 Å². The number of nitrogens with zero attached hydrogens (tertiary/aromatic N) is 2. The third-order valence-corrected chi connectivity index (χ3v) is 4.88. The average Bonchev–Trinajstić information content (AvgIpc) is 2.67. The molecule has 0 aliphatic carbocycles. The molecular weight excluding hydrogens is 340 g/mol. The van der Waals surface area contributed by atoms with Crippen LogP contribution in [0.15, 0.2) is 48.5 Å². The summed E-state index contributed by atoms with van der Waals surface area (Å²) in [6.45, 7) is 8.23. The number of hydrogen-bond donors (Lipinski definition) is 0. The van der Waals surface area contributed by atoms with Gasteiger partial charge in [-0.15, -0.1) is 0 Å². The van der Waals surface area contributed by atoms with Crippen LogP contribution in [0.4, 0.5) is 5.69 Å². The number of piperazine rings is 1. The van der Waals surface area contributed by atoms with E-state index < -0.39 is 6.10 Å². The minimum Gasteiger partial charge on any atom is -0.481 e. The fraction of sp³-hybridized carbons (Fsp3) is 0.364. The van der Waals surface area contributed by atoms with Crippen molar-refractivity contribution in [3.05, 3.63) is 59.7 Å². The Morgan fingerprint density at radius 3 is 2.26 bits per heavy atom. The number of rotatable bonds is 5. The molecule has 1 fully saturated rings. The van der Waals surface area contributed by atoms with Gasteiger partial charge in [-0.2, -0.15) is 0 Å². The maximum atomic E-state index is 12.7. The molecule has 0 spiro atoms. The van der Waals surface area contributed by atoms with Crippen molar-refractivity contribution in [2.24, 2.45) is 0 Å². The van der Waals surface area contributed by atoms with E-state index in [1.54, 1.807) is 13.8 Å². The molecule has 27 heavy (non-hydrogen) atoms. The summed E-state index contributed by atoms with van der Waals surface area (Å²) in [6.07, 6.45) is -0.506. The Hall–Kier alpha value is -2.82. The molecular formula is C22H26N2O3. The van der Waals surface area contributed by atoms with E-state index in [2.05, 4.69) is 4.90 Å². The summed E-state index contributed by atoms with van der Waals surface area (Å²) in [5.41, 5.74) is 2.90. The van der Waals surface area contributed by atoms with Crippen molar-refractivity contribution in [3.8, 4) is 5.75 Å². The first-order valence-electron chi connectivity index (χ1n) is 9.32. The predicted molar refractivity (Wildman–Crippen MR) is 107 cm³/mol. The van der Waals surface area contributed by atoms with Gasteiger partial charge < -0.3 is 14.5 Å². The van der Waals surface area contributed by atoms with E-state index in [-0.39, 0.29) is 11.7 Å². The molecule has 2 aromatic rings. The standard InChI is InChI=1S/C22H26N2O3/c1-16-5-4-6-21(15-16)27-18(3)22(26)24-13-11-23(12-14-24)20-9-7-19(8-10-20)17(2)25/h4-10,15,18H,11-14H2,1-3H3/t18-/m0/s1. The lowest BCUT2D eigenvalue weighted by Crippen LogP contribution is -2.52. The monoisotopic (exact) mass is 366 g/mol. The van der Waals surface area contributed by atoms with Gasteiger partial charge in [0.2, 0.25) is 0 Å². The van der Waals surface area contributed by atoms with Gasteiger partial charge >= 0.3 is 0 Å². The quantitative estimate of drug-likeness (QED) is 0.762. The molecule has 1 amide bonds. The molecule has 2 aromatic carbocycles. The molecule has 1 atom stereocenters. The fourth-order valence-corrected chi connectivity index (χ4v) is 3.29. The zero-order chi connectivity index (χ0) is 19.4. The Morgan fingerprint density at radius 2 is 1.67 bits per heavy atom. The summed E-state index contributed by atoms with van der Waals surface area (Å²) in [7, 11) is 0. The predicted octanol–water partition coefficient (Wildman–Crippen LogP) is 3.31. The van der Waals surface area contributed by atoms with Crippen LogP contribution in [0, 0.1) is 6.92 Å². The van der Waals surface area contributed by atoms with Crippen LogP contribution in [0.2, 0.25) is 0 Å². The Kier molecular flexibility index (Phi) is 5.79. The number of anilines is 1. The van der Waals surface area contributed by atoms with E-state index in [4.69, 9.17) is 4.74 Å². The van der Waals surface area contributed by atoms with Gasteiger partial charge in [0, 0.05) is 37.4 Å². The summed E-state index contributed by atoms with van der Waals surface area (Å²) in [5.74, 6) is 0.808. The van der Waals surface area contributed by atoms with E-state index in [0.717, 1.165) is 35.7 Å². The highest BCUT2D eigenvalue weighted by molar-refractivity contribution is 5.94. The van der Waals surface area contributed by atoms with Gasteiger partial charge in [-0.3, -0.25) is 9.59 Å². The number of Topliss-reactive ketones (excluding diaryl/α,β-unsaturated/α-hetero) is 1. The van der Waals surface area contributed by atoms with Crippen molar-refractivity contribution in [2.45, 2.75) is 26.9 Å². The van der Waals surface area contributed by atoms with Gasteiger partial charge in [-0.1, -0.05) is 12.1 Å². The van der Waals surface area contributed by atoms with Crippen LogP contribution in [0.25, 0.3) is 0 Å². The summed E-state index contributed by atoms with van der Waals surface area (Å²) in [6, 6.07) is 15.4. The normalized spacial score (nSPS) is 15.4. The number of ketones is 1. The SMILES string of the molecule is CC(=O)c1ccc(N2CCN(C(=O)[C@H](C)Oc3cccc(C)c3)CC2)cc1. The largest absolute Gasteiger partial charge is 0.481 e. The molecule has 5 nitrogen and oxygen atoms in total. The maximum absolute atomic E-state index is 12.7. The van der Waals surface area contributed by atoms with Crippen LogP contribution in [0.1, 0.15) is 29.8 Å². The van der Waals surface area contributed by atoms with Gasteiger partial charge in [-0.25, -0.2) is 0 Å². The van der Waals surface area contributed by atoms with Crippen molar-refractivity contribution in [3.63, 3.8) is 0 Å². The molecule has 5 heteroatoms.